The number of nitriles is 1. The Labute approximate surface area is 170 Å². The highest BCUT2D eigenvalue weighted by Crippen LogP contribution is 2.36. The van der Waals surface area contributed by atoms with Crippen LogP contribution in [0.25, 0.3) is 17.1 Å². The summed E-state index contributed by atoms with van der Waals surface area (Å²) >= 11 is 0. The normalized spacial score (nSPS) is 12.7. The zero-order chi connectivity index (χ0) is 23.0. The van der Waals surface area contributed by atoms with Crippen molar-refractivity contribution in [3.8, 4) is 6.07 Å². The largest absolute Gasteiger partial charge is 0.477 e. The zero-order valence-electron chi connectivity index (χ0n) is 15.3. The van der Waals surface area contributed by atoms with Crippen LogP contribution in [-0.4, -0.2) is 20.6 Å². The van der Waals surface area contributed by atoms with Gasteiger partial charge in [0.1, 0.15) is 17.3 Å². The third kappa shape index (κ3) is 4.69. The molecule has 1 aromatic carbocycles. The minimum Gasteiger partial charge on any atom is -0.477 e. The number of hydrogen-bond donors (Lipinski definition) is 1. The maximum atomic E-state index is 13.1. The number of alkyl halides is 6. The number of halogens is 6. The number of fused-ring (bicyclic) bond motifs is 1. The van der Waals surface area contributed by atoms with E-state index in [4.69, 9.17) is 10.4 Å². The number of carboxylic acids is 1. The molecular formula is C20H11F6N3O2. The van der Waals surface area contributed by atoms with Crippen LogP contribution in [0.1, 0.15) is 22.3 Å². The van der Waals surface area contributed by atoms with E-state index in [1.807, 2.05) is 0 Å². The number of carbonyl (C=O) groups is 1. The van der Waals surface area contributed by atoms with Crippen molar-refractivity contribution in [2.45, 2.75) is 18.9 Å². The molecule has 2 heterocycles. The predicted molar refractivity (Wildman–Crippen MR) is 96.5 cm³/mol. The van der Waals surface area contributed by atoms with E-state index in [1.165, 1.54) is 35.2 Å². The molecule has 5 nitrogen and oxygen atoms in total. The fourth-order valence-corrected chi connectivity index (χ4v) is 2.99. The van der Waals surface area contributed by atoms with Crippen molar-refractivity contribution in [3.63, 3.8) is 0 Å². The lowest BCUT2D eigenvalue weighted by Gasteiger charge is -2.14. The van der Waals surface area contributed by atoms with Gasteiger partial charge >= 0.3 is 18.3 Å². The lowest BCUT2D eigenvalue weighted by molar-refractivity contribution is -0.143. The molecule has 1 N–H and O–H groups in total. The van der Waals surface area contributed by atoms with Crippen LogP contribution in [-0.2, 0) is 23.7 Å². The predicted octanol–water partition coefficient (Wildman–Crippen LogP) is 5.11. The van der Waals surface area contributed by atoms with Crippen molar-refractivity contribution in [2.24, 2.45) is 0 Å². The number of rotatable bonds is 4. The molecule has 2 aromatic heterocycles. The topological polar surface area (TPSA) is 78.9 Å². The second-order valence-electron chi connectivity index (χ2n) is 6.48. The summed E-state index contributed by atoms with van der Waals surface area (Å²) < 4.78 is 79.9. The molecule has 0 bridgehead atoms. The van der Waals surface area contributed by atoms with Gasteiger partial charge in [0.15, 0.2) is 0 Å². The average molecular weight is 439 g/mol. The Morgan fingerprint density at radius 1 is 1.13 bits per heavy atom. The van der Waals surface area contributed by atoms with E-state index in [9.17, 15) is 31.1 Å². The summed E-state index contributed by atoms with van der Waals surface area (Å²) in [4.78, 5) is 15.2. The highest BCUT2D eigenvalue weighted by atomic mass is 19.4. The van der Waals surface area contributed by atoms with Gasteiger partial charge in [-0.15, -0.1) is 0 Å². The van der Waals surface area contributed by atoms with Crippen LogP contribution in [0.2, 0.25) is 0 Å². The Kier molecular flexibility index (Phi) is 5.50. The molecule has 0 fully saturated rings. The second kappa shape index (κ2) is 7.79. The van der Waals surface area contributed by atoms with Crippen LogP contribution in [0.15, 0.2) is 48.3 Å². The molecule has 0 amide bonds. The van der Waals surface area contributed by atoms with Crippen molar-refractivity contribution in [3.05, 3.63) is 70.6 Å². The van der Waals surface area contributed by atoms with Gasteiger partial charge < -0.3 is 9.67 Å². The molecule has 0 atom stereocenters. The van der Waals surface area contributed by atoms with Gasteiger partial charge in [-0.3, -0.25) is 0 Å². The maximum absolute atomic E-state index is 13.1. The van der Waals surface area contributed by atoms with Gasteiger partial charge in [-0.1, -0.05) is 0 Å². The minimum atomic E-state index is -4.98. The highest BCUT2D eigenvalue weighted by molar-refractivity contribution is 5.99. The molecule has 0 unspecified atom stereocenters. The van der Waals surface area contributed by atoms with Crippen LogP contribution in [0.4, 0.5) is 26.3 Å². The lowest BCUT2D eigenvalue weighted by atomic mass is 10.0. The van der Waals surface area contributed by atoms with Crippen LogP contribution < -0.4 is 0 Å². The summed E-state index contributed by atoms with van der Waals surface area (Å²) in [6.07, 6.45) is -6.24. The Balaban J connectivity index is 2.15. The van der Waals surface area contributed by atoms with Crippen LogP contribution >= 0.6 is 0 Å². The molecule has 0 radical (unpaired) electrons. The molecule has 160 valence electrons. The van der Waals surface area contributed by atoms with E-state index in [1.54, 1.807) is 0 Å². The quantitative estimate of drug-likeness (QED) is 0.348. The molecule has 31 heavy (non-hydrogen) atoms. The maximum Gasteiger partial charge on any atom is 0.416 e. The molecule has 0 aliphatic carbocycles. The molecule has 0 saturated carbocycles. The molecule has 11 heteroatoms. The first kappa shape index (κ1) is 21.9. The number of benzene rings is 1. The molecular weight excluding hydrogens is 428 g/mol. The Morgan fingerprint density at radius 2 is 1.74 bits per heavy atom. The monoisotopic (exact) mass is 439 g/mol. The standard InChI is InChI=1S/C20H11F6N3O2/c21-19(22,23)14-4-11(5-15(7-14)20(24,25)26)9-29-10-13(6-12(8-27)18(30)31)16-2-1-3-28-17(16)29/h1-7,10H,9H2,(H,30,31). The van der Waals surface area contributed by atoms with Crippen molar-refractivity contribution < 1.29 is 36.2 Å². The van der Waals surface area contributed by atoms with Crippen LogP contribution in [0.5, 0.6) is 0 Å². The number of aromatic nitrogens is 2. The van der Waals surface area contributed by atoms with E-state index < -0.39 is 41.6 Å². The van der Waals surface area contributed by atoms with Gasteiger partial charge in [-0.2, -0.15) is 31.6 Å². The number of hydrogen-bond acceptors (Lipinski definition) is 3. The summed E-state index contributed by atoms with van der Waals surface area (Å²) in [6, 6.07) is 5.81. The highest BCUT2D eigenvalue weighted by Gasteiger charge is 2.36. The molecule has 3 aromatic rings. The van der Waals surface area contributed by atoms with Gasteiger partial charge in [0.05, 0.1) is 11.1 Å². The van der Waals surface area contributed by atoms with E-state index in [-0.39, 0.29) is 22.8 Å². The number of pyridine rings is 1. The first-order valence-corrected chi connectivity index (χ1v) is 8.47. The number of aliphatic carboxylic acids is 1. The number of nitrogens with zero attached hydrogens (tertiary/aromatic N) is 3. The molecule has 0 saturated heterocycles. The van der Waals surface area contributed by atoms with E-state index in [0.717, 1.165) is 6.08 Å². The summed E-state index contributed by atoms with van der Waals surface area (Å²) in [6.45, 7) is -0.399. The lowest BCUT2D eigenvalue weighted by Crippen LogP contribution is -2.12. The first-order valence-electron chi connectivity index (χ1n) is 8.47. The van der Waals surface area contributed by atoms with Crippen molar-refractivity contribution >= 4 is 23.1 Å². The Hall–Kier alpha value is -3.81. The molecule has 0 aliphatic heterocycles. The van der Waals surface area contributed by atoms with E-state index in [0.29, 0.717) is 17.5 Å². The molecule has 3 rings (SSSR count). The van der Waals surface area contributed by atoms with Gasteiger partial charge in [0, 0.05) is 29.9 Å². The summed E-state index contributed by atoms with van der Waals surface area (Å²) in [7, 11) is 0. The summed E-state index contributed by atoms with van der Waals surface area (Å²) in [5.41, 5.74) is -3.34. The Morgan fingerprint density at radius 3 is 2.26 bits per heavy atom. The van der Waals surface area contributed by atoms with Crippen LogP contribution in [0, 0.1) is 11.3 Å². The first-order chi connectivity index (χ1) is 14.4. The molecule has 0 spiro atoms. The number of carboxylic acid groups (broad SMARTS) is 1. The Bertz CT molecular complexity index is 1200. The van der Waals surface area contributed by atoms with Crippen molar-refractivity contribution in [2.75, 3.05) is 0 Å². The summed E-state index contributed by atoms with van der Waals surface area (Å²) in [5.74, 6) is -1.49. The fraction of sp³-hybridized carbons (Fsp3) is 0.150. The van der Waals surface area contributed by atoms with Crippen molar-refractivity contribution in [1.82, 2.24) is 9.55 Å². The fourth-order valence-electron chi connectivity index (χ4n) is 2.99. The second-order valence-corrected chi connectivity index (χ2v) is 6.48. The average Bonchev–Trinajstić information content (AvgIpc) is 3.01. The van der Waals surface area contributed by atoms with E-state index in [2.05, 4.69) is 4.98 Å². The van der Waals surface area contributed by atoms with E-state index >= 15 is 0 Å². The summed E-state index contributed by atoms with van der Waals surface area (Å²) in [5, 5.41) is 18.4. The van der Waals surface area contributed by atoms with Gasteiger partial charge in [0.2, 0.25) is 0 Å². The third-order valence-corrected chi connectivity index (χ3v) is 4.32. The van der Waals surface area contributed by atoms with Crippen LogP contribution in [0.3, 0.4) is 0 Å². The smallest absolute Gasteiger partial charge is 0.416 e. The zero-order valence-corrected chi connectivity index (χ0v) is 15.3. The molecule has 0 aliphatic rings. The van der Waals surface area contributed by atoms with Gasteiger partial charge in [-0.25, -0.2) is 9.78 Å². The van der Waals surface area contributed by atoms with Gasteiger partial charge in [0.25, 0.3) is 0 Å². The van der Waals surface area contributed by atoms with Gasteiger partial charge in [-0.05, 0) is 42.0 Å². The third-order valence-electron chi connectivity index (χ3n) is 4.32. The SMILES string of the molecule is N#CC(=Cc1cn(Cc2cc(C(F)(F)F)cc(C(F)(F)F)c2)c2ncccc12)C(=O)O. The minimum absolute atomic E-state index is 0.0374. The van der Waals surface area contributed by atoms with Crippen molar-refractivity contribution in [1.29, 1.82) is 5.26 Å².